The van der Waals surface area contributed by atoms with Crippen LogP contribution in [0.4, 0.5) is 0 Å². The molecule has 1 saturated heterocycles. The highest BCUT2D eigenvalue weighted by molar-refractivity contribution is 7.99. The molecule has 1 aromatic heterocycles. The molecule has 2 rings (SSSR count). The topological polar surface area (TPSA) is 35.0 Å². The second-order valence-electron chi connectivity index (χ2n) is 3.20. The lowest BCUT2D eigenvalue weighted by atomic mass is 10.3. The summed E-state index contributed by atoms with van der Waals surface area (Å²) in [5, 5.41) is 1.90. The summed E-state index contributed by atoms with van der Waals surface area (Å²) < 4.78 is 5.47. The molecule has 0 aromatic carbocycles. The Hall–Kier alpha value is -0.320. The van der Waals surface area contributed by atoms with E-state index in [1.807, 2.05) is 0 Å². The monoisotopic (exact) mass is 230 g/mol. The fourth-order valence-corrected chi connectivity index (χ4v) is 2.70. The Bertz CT molecular complexity index is 323. The zero-order chi connectivity index (χ0) is 9.97. The lowest BCUT2D eigenvalue weighted by Crippen LogP contribution is -2.13. The zero-order valence-electron chi connectivity index (χ0n) is 7.81. The molecule has 1 aromatic rings. The van der Waals surface area contributed by atoms with Gasteiger partial charge in [-0.1, -0.05) is 11.6 Å². The van der Waals surface area contributed by atoms with Crippen LogP contribution in [0.1, 0.15) is 13.3 Å². The second-order valence-corrected chi connectivity index (χ2v) is 4.85. The first-order valence-corrected chi connectivity index (χ1v) is 5.77. The molecule has 2 heterocycles. The number of thioether (sulfide) groups is 1. The molecule has 0 amide bonds. The fourth-order valence-electron chi connectivity index (χ4n) is 1.40. The largest absolute Gasteiger partial charge is 0.377 e. The van der Waals surface area contributed by atoms with Gasteiger partial charge in [-0.3, -0.25) is 0 Å². The van der Waals surface area contributed by atoms with Gasteiger partial charge in [-0.25, -0.2) is 9.97 Å². The molecule has 76 valence electrons. The molecule has 0 aliphatic carbocycles. The highest BCUT2D eigenvalue weighted by Gasteiger charge is 2.25. The molecule has 3 nitrogen and oxygen atoms in total. The van der Waals surface area contributed by atoms with Crippen LogP contribution < -0.4 is 0 Å². The molecule has 5 heteroatoms. The first-order chi connectivity index (χ1) is 6.75. The van der Waals surface area contributed by atoms with Crippen molar-refractivity contribution >= 4 is 23.4 Å². The van der Waals surface area contributed by atoms with Crippen molar-refractivity contribution in [2.24, 2.45) is 0 Å². The summed E-state index contributed by atoms with van der Waals surface area (Å²) in [5.74, 6) is 0. The van der Waals surface area contributed by atoms with Crippen LogP contribution in [0.3, 0.4) is 0 Å². The van der Waals surface area contributed by atoms with Gasteiger partial charge in [-0.15, -0.1) is 11.8 Å². The molecule has 0 spiro atoms. The minimum atomic E-state index is 0.300. The second kappa shape index (κ2) is 4.47. The van der Waals surface area contributed by atoms with Gasteiger partial charge in [0.1, 0.15) is 16.5 Å². The van der Waals surface area contributed by atoms with Gasteiger partial charge < -0.3 is 4.74 Å². The van der Waals surface area contributed by atoms with Gasteiger partial charge in [0.25, 0.3) is 0 Å². The Morgan fingerprint density at radius 1 is 1.57 bits per heavy atom. The van der Waals surface area contributed by atoms with Gasteiger partial charge in [-0.2, -0.15) is 0 Å². The highest BCUT2D eigenvalue weighted by atomic mass is 35.5. The molecule has 0 N–H and O–H groups in total. The van der Waals surface area contributed by atoms with Gasteiger partial charge in [0.05, 0.1) is 6.10 Å². The summed E-state index contributed by atoms with van der Waals surface area (Å²) in [6.07, 6.45) is 2.87. The Kier molecular flexibility index (Phi) is 3.26. The Balaban J connectivity index is 2.03. The standard InChI is InChI=1S/C9H11ClN2OS/c1-6-7(2-3-13-6)14-9-4-8(10)11-5-12-9/h4-7H,2-3H2,1H3. The van der Waals surface area contributed by atoms with Crippen LogP contribution in [0.25, 0.3) is 0 Å². The molecule has 2 atom stereocenters. The van der Waals surface area contributed by atoms with Gasteiger partial charge in [0.2, 0.25) is 0 Å². The Morgan fingerprint density at radius 3 is 3.07 bits per heavy atom. The molecular weight excluding hydrogens is 220 g/mol. The third-order valence-electron chi connectivity index (χ3n) is 2.19. The summed E-state index contributed by atoms with van der Waals surface area (Å²) in [4.78, 5) is 7.99. The summed E-state index contributed by atoms with van der Waals surface area (Å²) in [7, 11) is 0. The predicted molar refractivity (Wildman–Crippen MR) is 56.7 cm³/mol. The van der Waals surface area contributed by atoms with E-state index in [0.29, 0.717) is 16.5 Å². The summed E-state index contributed by atoms with van der Waals surface area (Å²) in [5.41, 5.74) is 0. The predicted octanol–water partition coefficient (Wildman–Crippen LogP) is 2.40. The smallest absolute Gasteiger partial charge is 0.133 e. The lowest BCUT2D eigenvalue weighted by molar-refractivity contribution is 0.127. The van der Waals surface area contributed by atoms with Crippen LogP contribution in [0.5, 0.6) is 0 Å². The van der Waals surface area contributed by atoms with Crippen LogP contribution in [-0.4, -0.2) is 27.9 Å². The van der Waals surface area contributed by atoms with E-state index < -0.39 is 0 Å². The number of hydrogen-bond donors (Lipinski definition) is 0. The molecule has 0 bridgehead atoms. The van der Waals surface area contributed by atoms with E-state index in [1.165, 1.54) is 6.33 Å². The molecular formula is C9H11ClN2OS. The Labute approximate surface area is 92.2 Å². The minimum absolute atomic E-state index is 0.300. The summed E-state index contributed by atoms with van der Waals surface area (Å²) in [6, 6.07) is 1.79. The normalized spacial score (nSPS) is 26.7. The number of ether oxygens (including phenoxy) is 1. The number of nitrogens with zero attached hydrogens (tertiary/aromatic N) is 2. The van der Waals surface area contributed by atoms with Crippen LogP contribution in [-0.2, 0) is 4.74 Å². The third-order valence-corrected chi connectivity index (χ3v) is 3.78. The molecule has 1 aliphatic heterocycles. The van der Waals surface area contributed by atoms with Gasteiger partial charge in [-0.05, 0) is 13.3 Å². The maximum Gasteiger partial charge on any atom is 0.133 e. The van der Waals surface area contributed by atoms with Crippen molar-refractivity contribution < 1.29 is 4.74 Å². The zero-order valence-corrected chi connectivity index (χ0v) is 9.38. The van der Waals surface area contributed by atoms with Crippen LogP contribution >= 0.6 is 23.4 Å². The van der Waals surface area contributed by atoms with E-state index >= 15 is 0 Å². The highest BCUT2D eigenvalue weighted by Crippen LogP contribution is 2.31. The van der Waals surface area contributed by atoms with Gasteiger partial charge in [0.15, 0.2) is 0 Å². The maximum atomic E-state index is 5.77. The van der Waals surface area contributed by atoms with Crippen molar-refractivity contribution in [3.8, 4) is 0 Å². The average molecular weight is 231 g/mol. The first kappa shape index (κ1) is 10.2. The van der Waals surface area contributed by atoms with Crippen LogP contribution in [0.15, 0.2) is 17.4 Å². The van der Waals surface area contributed by atoms with Crippen LogP contribution in [0.2, 0.25) is 5.15 Å². The van der Waals surface area contributed by atoms with E-state index in [4.69, 9.17) is 16.3 Å². The molecule has 0 saturated carbocycles. The van der Waals surface area contributed by atoms with Crippen molar-refractivity contribution in [1.29, 1.82) is 0 Å². The number of halogens is 1. The molecule has 1 aliphatic rings. The Morgan fingerprint density at radius 2 is 2.43 bits per heavy atom. The van der Waals surface area contributed by atoms with Crippen molar-refractivity contribution in [3.05, 3.63) is 17.5 Å². The van der Waals surface area contributed by atoms with Gasteiger partial charge in [0, 0.05) is 17.9 Å². The third kappa shape index (κ3) is 2.38. The minimum Gasteiger partial charge on any atom is -0.377 e. The van der Waals surface area contributed by atoms with Crippen molar-refractivity contribution in [2.75, 3.05) is 6.61 Å². The molecule has 2 unspecified atom stereocenters. The van der Waals surface area contributed by atoms with E-state index in [1.54, 1.807) is 17.8 Å². The van der Waals surface area contributed by atoms with Crippen molar-refractivity contribution in [3.63, 3.8) is 0 Å². The lowest BCUT2D eigenvalue weighted by Gasteiger charge is -2.12. The SMILES string of the molecule is CC1OCCC1Sc1cc(Cl)ncn1. The first-order valence-electron chi connectivity index (χ1n) is 4.51. The molecule has 1 fully saturated rings. The molecule has 0 radical (unpaired) electrons. The van der Waals surface area contributed by atoms with Crippen molar-refractivity contribution in [1.82, 2.24) is 9.97 Å². The number of aromatic nitrogens is 2. The van der Waals surface area contributed by atoms with E-state index in [0.717, 1.165) is 18.1 Å². The van der Waals surface area contributed by atoms with E-state index in [2.05, 4.69) is 16.9 Å². The maximum absolute atomic E-state index is 5.77. The van der Waals surface area contributed by atoms with Crippen molar-refractivity contribution in [2.45, 2.75) is 29.7 Å². The van der Waals surface area contributed by atoms with Crippen LogP contribution in [0, 0.1) is 0 Å². The molecule has 14 heavy (non-hydrogen) atoms. The van der Waals surface area contributed by atoms with E-state index in [-0.39, 0.29) is 0 Å². The summed E-state index contributed by atoms with van der Waals surface area (Å²) in [6.45, 7) is 2.94. The average Bonchev–Trinajstić information content (AvgIpc) is 2.52. The number of rotatable bonds is 2. The van der Waals surface area contributed by atoms with E-state index in [9.17, 15) is 0 Å². The fraction of sp³-hybridized carbons (Fsp3) is 0.556. The number of hydrogen-bond acceptors (Lipinski definition) is 4. The summed E-state index contributed by atoms with van der Waals surface area (Å²) >= 11 is 7.48. The van der Waals surface area contributed by atoms with Gasteiger partial charge >= 0.3 is 0 Å². The quantitative estimate of drug-likeness (QED) is 0.731.